The Balaban J connectivity index is 0.000000206. The monoisotopic (exact) mass is 1170 g/mol. The van der Waals surface area contributed by atoms with E-state index in [1.54, 1.807) is 54.5 Å². The number of aromatic nitrogens is 2. The number of halogens is 2. The highest BCUT2D eigenvalue weighted by molar-refractivity contribution is 5.89. The Kier molecular flexibility index (Phi) is 18.4. The number of H-pyrrole nitrogens is 2. The van der Waals surface area contributed by atoms with Gasteiger partial charge in [-0.3, -0.25) is 9.59 Å². The molecule has 4 aliphatic heterocycles. The number of rotatable bonds is 13. The number of fused-ring (bicyclic) bond motifs is 4. The SMILES string of the molecule is C[C@@H](OC(C)(C)C)[C@H](N)C(=O)N1CC[C@@H]2[C@H]1[C@@H](c1c[nH]c3cc(F)ccc13)CN2C(=O)OCc1ccccc1.C[C@@H](OC(C)(C)C)[C@H](NC(=O)OC(C)(C)C)C(=O)N1CC[C@@H]2[C@H]1[C@@H](c1c[nH]c3cc(F)ccc13)CN2C(=O)OCc1ccccc1. The van der Waals surface area contributed by atoms with E-state index in [0.717, 1.165) is 33.0 Å². The van der Waals surface area contributed by atoms with Crippen molar-refractivity contribution in [3.8, 4) is 0 Å². The lowest BCUT2D eigenvalue weighted by atomic mass is 9.91. The van der Waals surface area contributed by atoms with Crippen molar-refractivity contribution in [3.05, 3.63) is 143 Å². The first-order chi connectivity index (χ1) is 40.1. The molecule has 456 valence electrons. The number of ether oxygens (including phenoxy) is 5. The van der Waals surface area contributed by atoms with Crippen LogP contribution in [0.4, 0.5) is 23.2 Å². The number of likely N-dealkylation sites (tertiary alicyclic amines) is 4. The van der Waals surface area contributed by atoms with Gasteiger partial charge in [0.2, 0.25) is 11.8 Å². The summed E-state index contributed by atoms with van der Waals surface area (Å²) in [5.74, 6) is -1.72. The van der Waals surface area contributed by atoms with Gasteiger partial charge in [0.05, 0.1) is 47.6 Å². The van der Waals surface area contributed by atoms with Crippen molar-refractivity contribution < 1.29 is 56.4 Å². The molecule has 0 bridgehead atoms. The summed E-state index contributed by atoms with van der Waals surface area (Å²) in [6, 6.07) is 25.0. The largest absolute Gasteiger partial charge is 0.445 e. The summed E-state index contributed by atoms with van der Waals surface area (Å²) >= 11 is 0. The van der Waals surface area contributed by atoms with Crippen molar-refractivity contribution in [2.24, 2.45) is 5.73 Å². The number of carbonyl (C=O) groups excluding carboxylic acids is 5. The number of nitrogens with two attached hydrogens (primary N) is 1. The van der Waals surface area contributed by atoms with Crippen molar-refractivity contribution in [2.75, 3.05) is 26.2 Å². The highest BCUT2D eigenvalue weighted by Crippen LogP contribution is 2.46. The van der Waals surface area contributed by atoms with Crippen LogP contribution in [0.15, 0.2) is 109 Å². The third-order valence-electron chi connectivity index (χ3n) is 16.1. The van der Waals surface area contributed by atoms with E-state index in [4.69, 9.17) is 29.4 Å². The van der Waals surface area contributed by atoms with Gasteiger partial charge in [-0.05, 0) is 148 Å². The molecule has 4 saturated heterocycles. The Bertz CT molecular complexity index is 3340. The third-order valence-corrected chi connectivity index (χ3v) is 16.1. The molecule has 5 amide bonds. The quantitative estimate of drug-likeness (QED) is 0.0798. The smallest absolute Gasteiger partial charge is 0.410 e. The first-order valence-corrected chi connectivity index (χ1v) is 29.3. The molecule has 2 aromatic heterocycles. The molecule has 5 N–H and O–H groups in total. The van der Waals surface area contributed by atoms with Crippen molar-refractivity contribution >= 4 is 51.9 Å². The van der Waals surface area contributed by atoms with Gasteiger partial charge >= 0.3 is 18.3 Å². The predicted molar refractivity (Wildman–Crippen MR) is 318 cm³/mol. The molecule has 0 aliphatic carbocycles. The Hall–Kier alpha value is -7.55. The topological polar surface area (TPSA) is 214 Å². The van der Waals surface area contributed by atoms with Crippen molar-refractivity contribution in [1.82, 2.24) is 34.9 Å². The summed E-state index contributed by atoms with van der Waals surface area (Å²) in [6.07, 6.45) is 2.05. The van der Waals surface area contributed by atoms with Gasteiger partial charge in [-0.25, -0.2) is 23.2 Å². The average molecular weight is 1170 g/mol. The van der Waals surface area contributed by atoms with E-state index >= 15 is 0 Å². The normalized spacial score (nSPS) is 21.9. The molecule has 10 rings (SSSR count). The van der Waals surface area contributed by atoms with Crippen LogP contribution in [0, 0.1) is 11.6 Å². The second kappa shape index (κ2) is 25.2. The van der Waals surface area contributed by atoms with E-state index in [1.165, 1.54) is 24.3 Å². The minimum atomic E-state index is -1.05. The maximum atomic E-state index is 14.5. The molecular weight excluding hydrogens is 1090 g/mol. The van der Waals surface area contributed by atoms with Crippen LogP contribution in [0.1, 0.15) is 123 Å². The Morgan fingerprint density at radius 2 is 1.01 bits per heavy atom. The maximum Gasteiger partial charge on any atom is 0.410 e. The molecule has 0 unspecified atom stereocenters. The van der Waals surface area contributed by atoms with E-state index in [0.29, 0.717) is 50.1 Å². The molecule has 4 fully saturated rings. The highest BCUT2D eigenvalue weighted by Gasteiger charge is 2.56. The number of alkyl carbamates (subject to hydrolysis) is 1. The van der Waals surface area contributed by atoms with E-state index in [1.807, 2.05) is 126 Å². The van der Waals surface area contributed by atoms with E-state index in [-0.39, 0.29) is 66.6 Å². The van der Waals surface area contributed by atoms with Crippen LogP contribution in [-0.2, 0) is 46.5 Å². The first-order valence-electron chi connectivity index (χ1n) is 29.3. The molecule has 4 aromatic carbocycles. The zero-order valence-corrected chi connectivity index (χ0v) is 50.5. The minimum Gasteiger partial charge on any atom is -0.445 e. The fourth-order valence-electron chi connectivity index (χ4n) is 12.8. The van der Waals surface area contributed by atoms with E-state index < -0.39 is 65.4 Å². The van der Waals surface area contributed by atoms with Crippen LogP contribution in [-0.4, -0.2) is 151 Å². The Morgan fingerprint density at radius 1 is 0.588 bits per heavy atom. The number of amides is 5. The standard InChI is InChI=1S/C35H45FN4O6.C30H37FN4O4/c1-21(45-34(2,3)4)29(38-32(42)46-35(5,6)7)31(41)39-16-15-28-30(39)26(25-18-37-27-17-23(36)13-14-24(25)27)19-40(28)33(43)44-20-22-11-9-8-10-12-22;1-18(39-30(2,3)4)26(32)28(36)34-13-12-25-27(34)23(22-15-33-24-14-20(31)10-11-21(22)24)16-35(25)29(37)38-17-19-8-6-5-7-9-19/h8-14,17-18,21,26,28-30,37H,15-16,19-20H2,1-7H3,(H,38,42);5-11,14-15,18,23,25-27,33H,12-13,16-17,32H2,1-4H3/t21-,26-,28-,29+,30-;18-,23-,25-,26+,27-/m11/s1. The van der Waals surface area contributed by atoms with Gasteiger partial charge in [0, 0.05) is 72.2 Å². The molecule has 6 aromatic rings. The number of hydrogen-bond acceptors (Lipinski definition) is 11. The zero-order valence-electron chi connectivity index (χ0n) is 50.5. The fraction of sp³-hybridized carbons (Fsp3) is 0.492. The third kappa shape index (κ3) is 14.4. The van der Waals surface area contributed by atoms with Crippen LogP contribution < -0.4 is 11.1 Å². The van der Waals surface area contributed by atoms with E-state index in [2.05, 4.69) is 15.3 Å². The maximum absolute atomic E-state index is 14.5. The average Bonchev–Trinajstić information content (AvgIpc) is 1.80. The summed E-state index contributed by atoms with van der Waals surface area (Å²) in [5, 5.41) is 4.46. The zero-order chi connectivity index (χ0) is 61.3. The second-order valence-electron chi connectivity index (χ2n) is 25.7. The van der Waals surface area contributed by atoms with Gasteiger partial charge in [0.1, 0.15) is 42.5 Å². The number of nitrogens with zero attached hydrogens (tertiary/aromatic N) is 4. The summed E-state index contributed by atoms with van der Waals surface area (Å²) < 4.78 is 57.2. The van der Waals surface area contributed by atoms with Gasteiger partial charge in [-0.15, -0.1) is 0 Å². The lowest BCUT2D eigenvalue weighted by Crippen LogP contribution is -2.57. The van der Waals surface area contributed by atoms with Gasteiger partial charge in [-0.1, -0.05) is 60.7 Å². The van der Waals surface area contributed by atoms with Gasteiger partial charge in [0.25, 0.3) is 0 Å². The first kappa shape index (κ1) is 62.0. The summed E-state index contributed by atoms with van der Waals surface area (Å²) in [7, 11) is 0. The number of carbonyl (C=O) groups is 5. The van der Waals surface area contributed by atoms with Crippen LogP contribution in [0.5, 0.6) is 0 Å². The summed E-state index contributed by atoms with van der Waals surface area (Å²) in [4.78, 5) is 81.5. The molecule has 0 radical (unpaired) electrons. The minimum absolute atomic E-state index is 0.122. The van der Waals surface area contributed by atoms with Crippen molar-refractivity contribution in [2.45, 2.75) is 179 Å². The summed E-state index contributed by atoms with van der Waals surface area (Å²) in [5.41, 5.74) is 9.52. The Morgan fingerprint density at radius 3 is 1.44 bits per heavy atom. The van der Waals surface area contributed by atoms with Crippen LogP contribution in [0.3, 0.4) is 0 Å². The van der Waals surface area contributed by atoms with Crippen molar-refractivity contribution in [3.63, 3.8) is 0 Å². The van der Waals surface area contributed by atoms with Gasteiger partial charge in [-0.2, -0.15) is 0 Å². The molecular formula is C65H82F2N8O10. The highest BCUT2D eigenvalue weighted by atomic mass is 19.1. The molecule has 0 spiro atoms. The molecule has 6 heterocycles. The summed E-state index contributed by atoms with van der Waals surface area (Å²) in [6.45, 7) is 22.1. The molecule has 85 heavy (non-hydrogen) atoms. The van der Waals surface area contributed by atoms with E-state index in [9.17, 15) is 32.8 Å². The van der Waals surface area contributed by atoms with Crippen molar-refractivity contribution in [1.29, 1.82) is 0 Å². The van der Waals surface area contributed by atoms with Gasteiger partial charge < -0.3 is 64.3 Å². The number of benzene rings is 4. The number of hydrogen-bond donors (Lipinski definition) is 4. The predicted octanol–water partition coefficient (Wildman–Crippen LogP) is 10.7. The molecule has 10 atom stereocenters. The fourth-order valence-corrected chi connectivity index (χ4v) is 12.8. The van der Waals surface area contributed by atoms with Crippen LogP contribution in [0.2, 0.25) is 0 Å². The lowest BCUT2D eigenvalue weighted by Gasteiger charge is -2.36. The lowest BCUT2D eigenvalue weighted by molar-refractivity contribution is -0.142. The molecule has 20 heteroatoms. The van der Waals surface area contributed by atoms with Gasteiger partial charge in [0.15, 0.2) is 0 Å². The molecule has 18 nitrogen and oxygen atoms in total. The number of aromatic amines is 2. The van der Waals surface area contributed by atoms with Crippen LogP contribution in [0.25, 0.3) is 21.8 Å². The Labute approximate surface area is 496 Å². The number of nitrogens with one attached hydrogen (secondary N) is 3. The molecule has 0 saturated carbocycles. The molecule has 4 aliphatic rings. The second-order valence-corrected chi connectivity index (χ2v) is 25.7. The van der Waals surface area contributed by atoms with Crippen LogP contribution >= 0.6 is 0 Å².